The fourth-order valence-electron chi connectivity index (χ4n) is 1.33. The van der Waals surface area contributed by atoms with E-state index in [2.05, 4.69) is 5.32 Å². The molecule has 0 spiro atoms. The van der Waals surface area contributed by atoms with E-state index in [-0.39, 0.29) is 5.56 Å². The number of nitrogens with zero attached hydrogens (tertiary/aromatic N) is 1. The van der Waals surface area contributed by atoms with Crippen molar-refractivity contribution in [3.8, 4) is 0 Å². The van der Waals surface area contributed by atoms with Crippen LogP contribution in [-0.2, 0) is 13.6 Å². The van der Waals surface area contributed by atoms with Crippen molar-refractivity contribution in [1.29, 1.82) is 0 Å². The molecule has 2 aromatic rings. The minimum absolute atomic E-state index is 0.0356. The molecular formula is C11H11ClN2O2. The third-order valence-electron chi connectivity index (χ3n) is 2.18. The Bertz CT molecular complexity index is 545. The van der Waals surface area contributed by atoms with Gasteiger partial charge in [0.25, 0.3) is 0 Å². The Morgan fingerprint density at radius 1 is 1.38 bits per heavy atom. The Morgan fingerprint density at radius 2 is 2.19 bits per heavy atom. The average molecular weight is 239 g/mol. The SMILES string of the molecule is Cn1cc(NCc2ccc(Cl)o2)ccc1=O. The average Bonchev–Trinajstić information content (AvgIpc) is 2.66. The second-order valence-corrected chi connectivity index (χ2v) is 3.80. The lowest BCUT2D eigenvalue weighted by molar-refractivity contribution is 0.520. The van der Waals surface area contributed by atoms with Gasteiger partial charge >= 0.3 is 0 Å². The van der Waals surface area contributed by atoms with Crippen molar-refractivity contribution in [2.45, 2.75) is 6.54 Å². The number of halogens is 1. The van der Waals surface area contributed by atoms with E-state index in [4.69, 9.17) is 16.0 Å². The fourth-order valence-corrected chi connectivity index (χ4v) is 1.50. The first-order chi connectivity index (χ1) is 7.65. The summed E-state index contributed by atoms with van der Waals surface area (Å²) >= 11 is 5.65. The second-order valence-electron chi connectivity index (χ2n) is 3.43. The number of aryl methyl sites for hydroxylation is 1. The molecule has 0 aliphatic heterocycles. The van der Waals surface area contributed by atoms with Crippen molar-refractivity contribution in [2.75, 3.05) is 5.32 Å². The molecule has 2 heterocycles. The molecule has 16 heavy (non-hydrogen) atoms. The van der Waals surface area contributed by atoms with Gasteiger partial charge in [-0.05, 0) is 29.8 Å². The van der Waals surface area contributed by atoms with Crippen LogP contribution in [0.1, 0.15) is 5.76 Å². The number of hydrogen-bond acceptors (Lipinski definition) is 3. The second kappa shape index (κ2) is 4.45. The highest BCUT2D eigenvalue weighted by atomic mass is 35.5. The number of rotatable bonds is 3. The quantitative estimate of drug-likeness (QED) is 0.892. The summed E-state index contributed by atoms with van der Waals surface area (Å²) in [5.74, 6) is 0.749. The Morgan fingerprint density at radius 3 is 2.81 bits per heavy atom. The summed E-state index contributed by atoms with van der Waals surface area (Å²) in [7, 11) is 1.71. The highest BCUT2D eigenvalue weighted by Gasteiger charge is 2.00. The highest BCUT2D eigenvalue weighted by molar-refractivity contribution is 6.28. The molecule has 2 aromatic heterocycles. The summed E-state index contributed by atoms with van der Waals surface area (Å²) in [5.41, 5.74) is 0.821. The van der Waals surface area contributed by atoms with Gasteiger partial charge < -0.3 is 14.3 Å². The maximum absolute atomic E-state index is 11.1. The van der Waals surface area contributed by atoms with E-state index in [0.717, 1.165) is 11.4 Å². The van der Waals surface area contributed by atoms with Crippen LogP contribution in [0.15, 0.2) is 39.7 Å². The van der Waals surface area contributed by atoms with Gasteiger partial charge in [-0.2, -0.15) is 0 Å². The molecule has 0 aromatic carbocycles. The number of nitrogens with one attached hydrogen (secondary N) is 1. The van der Waals surface area contributed by atoms with E-state index in [1.54, 1.807) is 31.4 Å². The molecule has 1 N–H and O–H groups in total. The summed E-state index contributed by atoms with van der Waals surface area (Å²) in [6, 6.07) is 6.74. The van der Waals surface area contributed by atoms with Gasteiger partial charge in [0.05, 0.1) is 12.2 Å². The molecule has 4 nitrogen and oxygen atoms in total. The molecule has 5 heteroatoms. The first-order valence-electron chi connectivity index (χ1n) is 4.80. The summed E-state index contributed by atoms with van der Waals surface area (Å²) in [6.45, 7) is 0.533. The van der Waals surface area contributed by atoms with Gasteiger partial charge in [0, 0.05) is 19.3 Å². The van der Waals surface area contributed by atoms with Crippen molar-refractivity contribution in [2.24, 2.45) is 7.05 Å². The van der Waals surface area contributed by atoms with Gasteiger partial charge in [-0.1, -0.05) is 0 Å². The molecule has 0 saturated carbocycles. The zero-order valence-electron chi connectivity index (χ0n) is 8.74. The Hall–Kier alpha value is -1.68. The van der Waals surface area contributed by atoms with Gasteiger partial charge in [-0.25, -0.2) is 0 Å². The van der Waals surface area contributed by atoms with Crippen LogP contribution in [0.2, 0.25) is 5.22 Å². The van der Waals surface area contributed by atoms with Gasteiger partial charge in [0.15, 0.2) is 5.22 Å². The number of furan rings is 1. The largest absolute Gasteiger partial charge is 0.448 e. The highest BCUT2D eigenvalue weighted by Crippen LogP contribution is 2.14. The van der Waals surface area contributed by atoms with Crippen LogP contribution in [0.5, 0.6) is 0 Å². The Balaban J connectivity index is 2.05. The Kier molecular flexibility index (Phi) is 3.01. The van der Waals surface area contributed by atoms with E-state index in [9.17, 15) is 4.79 Å². The molecule has 0 bridgehead atoms. The minimum Gasteiger partial charge on any atom is -0.448 e. The summed E-state index contributed by atoms with van der Waals surface area (Å²) < 4.78 is 6.70. The maximum Gasteiger partial charge on any atom is 0.250 e. The van der Waals surface area contributed by atoms with Crippen LogP contribution in [0.25, 0.3) is 0 Å². The molecule has 0 aliphatic rings. The molecule has 0 saturated heterocycles. The van der Waals surface area contributed by atoms with Gasteiger partial charge in [-0.15, -0.1) is 0 Å². The van der Waals surface area contributed by atoms with E-state index >= 15 is 0 Å². The lowest BCUT2D eigenvalue weighted by atomic mass is 10.4. The smallest absolute Gasteiger partial charge is 0.250 e. The van der Waals surface area contributed by atoms with Crippen LogP contribution in [-0.4, -0.2) is 4.57 Å². The van der Waals surface area contributed by atoms with Crippen LogP contribution in [0.4, 0.5) is 5.69 Å². The predicted octanol–water partition coefficient (Wildman–Crippen LogP) is 2.24. The third-order valence-corrected chi connectivity index (χ3v) is 2.38. The fraction of sp³-hybridized carbons (Fsp3) is 0.182. The topological polar surface area (TPSA) is 47.2 Å². The predicted molar refractivity (Wildman–Crippen MR) is 62.7 cm³/mol. The van der Waals surface area contributed by atoms with Crippen LogP contribution in [0, 0.1) is 0 Å². The summed E-state index contributed by atoms with van der Waals surface area (Å²) in [6.07, 6.45) is 1.73. The molecular weight excluding hydrogens is 228 g/mol. The van der Waals surface area contributed by atoms with Gasteiger partial charge in [0.1, 0.15) is 5.76 Å². The summed E-state index contributed by atoms with van der Waals surface area (Å²) in [4.78, 5) is 11.1. The number of hydrogen-bond donors (Lipinski definition) is 1. The number of aromatic nitrogens is 1. The van der Waals surface area contributed by atoms with E-state index in [1.807, 2.05) is 0 Å². The molecule has 84 valence electrons. The lowest BCUT2D eigenvalue weighted by Gasteiger charge is -2.05. The van der Waals surface area contributed by atoms with Crippen LogP contribution < -0.4 is 10.9 Å². The molecule has 0 radical (unpaired) electrons. The Labute approximate surface area is 97.5 Å². The van der Waals surface area contributed by atoms with E-state index in [1.165, 1.54) is 10.6 Å². The van der Waals surface area contributed by atoms with E-state index < -0.39 is 0 Å². The van der Waals surface area contributed by atoms with E-state index in [0.29, 0.717) is 11.8 Å². The first kappa shape index (κ1) is 10.8. The standard InChI is InChI=1S/C11H11ClN2O2/c1-14-7-8(2-5-11(14)15)13-6-9-3-4-10(12)16-9/h2-5,7,13H,6H2,1H3. The normalized spacial score (nSPS) is 10.4. The van der Waals surface area contributed by atoms with Crippen LogP contribution in [0.3, 0.4) is 0 Å². The molecule has 0 amide bonds. The molecule has 0 fully saturated rings. The molecule has 0 atom stereocenters. The lowest BCUT2D eigenvalue weighted by Crippen LogP contribution is -2.15. The number of pyridine rings is 1. The summed E-state index contributed by atoms with van der Waals surface area (Å²) in [5, 5.41) is 3.50. The van der Waals surface area contributed by atoms with Crippen LogP contribution >= 0.6 is 11.6 Å². The van der Waals surface area contributed by atoms with Crippen molar-refractivity contribution in [3.05, 3.63) is 51.8 Å². The monoisotopic (exact) mass is 238 g/mol. The third kappa shape index (κ3) is 2.46. The zero-order valence-corrected chi connectivity index (χ0v) is 9.49. The molecule has 2 rings (SSSR count). The first-order valence-corrected chi connectivity index (χ1v) is 5.18. The van der Waals surface area contributed by atoms with Crippen molar-refractivity contribution < 1.29 is 4.42 Å². The van der Waals surface area contributed by atoms with Gasteiger partial charge in [0.2, 0.25) is 5.56 Å². The molecule has 0 unspecified atom stereocenters. The maximum atomic E-state index is 11.1. The molecule has 0 aliphatic carbocycles. The van der Waals surface area contributed by atoms with Crippen molar-refractivity contribution in [1.82, 2.24) is 4.57 Å². The van der Waals surface area contributed by atoms with Crippen molar-refractivity contribution in [3.63, 3.8) is 0 Å². The van der Waals surface area contributed by atoms with Crippen molar-refractivity contribution >= 4 is 17.3 Å². The zero-order chi connectivity index (χ0) is 11.5. The minimum atomic E-state index is -0.0356. The number of anilines is 1. The van der Waals surface area contributed by atoms with Gasteiger partial charge in [-0.3, -0.25) is 4.79 Å².